The molecule has 0 amide bonds. The van der Waals surface area contributed by atoms with E-state index >= 15 is 0 Å². The maximum absolute atomic E-state index is 10.5. The summed E-state index contributed by atoms with van der Waals surface area (Å²) in [6.45, 7) is -0.277. The van der Waals surface area contributed by atoms with Gasteiger partial charge in [0.05, 0.1) is 0 Å². The van der Waals surface area contributed by atoms with E-state index in [1.54, 1.807) is 0 Å². The highest BCUT2D eigenvalue weighted by atomic mass is 32.3. The second kappa shape index (κ2) is 4.89. The largest absolute Gasteiger partial charge is 0.397 e. The molecule has 0 saturated carbocycles. The fourth-order valence-electron chi connectivity index (χ4n) is 1.37. The average Bonchev–Trinajstić information content (AvgIpc) is 2.17. The lowest BCUT2D eigenvalue weighted by molar-refractivity contribution is -0.274. The number of aliphatic hydroxyl groups excluding tert-OH is 3. The fourth-order valence-corrected chi connectivity index (χ4v) is 1.89. The van der Waals surface area contributed by atoms with Gasteiger partial charge in [0.2, 0.25) is 0 Å². The Balaban J connectivity index is 2.85. The molecule has 5 atom stereocenters. The van der Waals surface area contributed by atoms with E-state index < -0.39 is 41.1 Å². The Kier molecular flexibility index (Phi) is 4.20. The van der Waals surface area contributed by atoms with Crippen LogP contribution in [0.15, 0.2) is 0 Å². The first-order valence-electron chi connectivity index (χ1n) is 4.31. The standard InChI is InChI=1S/C6H13NO8S/c7-1-2-5(15-16(11,12)13)3(8)4(9)6(10)14-2/h2-6,8-10H,1,7H2,(H,11,12,13)/t2-,3-,4-,5-,6?/m1/s1. The van der Waals surface area contributed by atoms with Crippen molar-refractivity contribution in [3.8, 4) is 0 Å². The molecule has 0 radical (unpaired) electrons. The summed E-state index contributed by atoms with van der Waals surface area (Å²) in [7, 11) is -4.83. The number of nitrogens with two attached hydrogens (primary N) is 1. The molecule has 0 aromatic rings. The first kappa shape index (κ1) is 13.7. The summed E-state index contributed by atoms with van der Waals surface area (Å²) in [6.07, 6.45) is -7.97. The fraction of sp³-hybridized carbons (Fsp3) is 1.00. The van der Waals surface area contributed by atoms with Gasteiger partial charge in [0, 0.05) is 6.54 Å². The van der Waals surface area contributed by atoms with Crippen LogP contribution in [0.1, 0.15) is 0 Å². The molecule has 0 bridgehead atoms. The number of ether oxygens (including phenoxy) is 1. The van der Waals surface area contributed by atoms with Gasteiger partial charge in [-0.1, -0.05) is 0 Å². The van der Waals surface area contributed by atoms with Gasteiger partial charge in [-0.15, -0.1) is 0 Å². The lowest BCUT2D eigenvalue weighted by Crippen LogP contribution is -2.60. The molecule has 1 unspecified atom stereocenters. The number of hydrogen-bond acceptors (Lipinski definition) is 8. The molecule has 0 spiro atoms. The smallest absolute Gasteiger partial charge is 0.387 e. The molecule has 16 heavy (non-hydrogen) atoms. The van der Waals surface area contributed by atoms with Crippen LogP contribution in [-0.2, 0) is 19.3 Å². The van der Waals surface area contributed by atoms with Gasteiger partial charge >= 0.3 is 10.4 Å². The quantitative estimate of drug-likeness (QED) is 0.325. The van der Waals surface area contributed by atoms with Crippen molar-refractivity contribution in [2.24, 2.45) is 5.73 Å². The Morgan fingerprint density at radius 2 is 1.81 bits per heavy atom. The molecule has 0 aromatic carbocycles. The van der Waals surface area contributed by atoms with Gasteiger partial charge in [0.1, 0.15) is 24.4 Å². The maximum Gasteiger partial charge on any atom is 0.397 e. The van der Waals surface area contributed by atoms with Crippen molar-refractivity contribution >= 4 is 10.4 Å². The maximum atomic E-state index is 10.5. The van der Waals surface area contributed by atoms with Crippen molar-refractivity contribution in [2.45, 2.75) is 30.7 Å². The monoisotopic (exact) mass is 259 g/mol. The van der Waals surface area contributed by atoms with Crippen LogP contribution in [0.2, 0.25) is 0 Å². The first-order valence-corrected chi connectivity index (χ1v) is 5.68. The molecule has 0 aliphatic carbocycles. The van der Waals surface area contributed by atoms with E-state index in [1.165, 1.54) is 0 Å². The van der Waals surface area contributed by atoms with Crippen molar-refractivity contribution in [2.75, 3.05) is 6.54 Å². The van der Waals surface area contributed by atoms with Gasteiger partial charge in [0.25, 0.3) is 0 Å². The van der Waals surface area contributed by atoms with E-state index in [0.29, 0.717) is 0 Å². The molecular formula is C6H13NO8S. The van der Waals surface area contributed by atoms with Crippen LogP contribution in [0.3, 0.4) is 0 Å². The lowest BCUT2D eigenvalue weighted by atomic mass is 9.99. The van der Waals surface area contributed by atoms with Gasteiger partial charge in [-0.2, -0.15) is 8.42 Å². The highest BCUT2D eigenvalue weighted by Crippen LogP contribution is 2.22. The van der Waals surface area contributed by atoms with Gasteiger partial charge in [-0.05, 0) is 0 Å². The van der Waals surface area contributed by atoms with E-state index in [-0.39, 0.29) is 6.54 Å². The van der Waals surface area contributed by atoms with E-state index in [1.807, 2.05) is 0 Å². The molecule has 1 heterocycles. The van der Waals surface area contributed by atoms with Crippen molar-refractivity contribution in [3.05, 3.63) is 0 Å². The molecular weight excluding hydrogens is 246 g/mol. The van der Waals surface area contributed by atoms with Crippen LogP contribution >= 0.6 is 0 Å². The highest BCUT2D eigenvalue weighted by molar-refractivity contribution is 7.80. The minimum Gasteiger partial charge on any atom is -0.387 e. The second-order valence-corrected chi connectivity index (χ2v) is 4.32. The van der Waals surface area contributed by atoms with Gasteiger partial charge in [-0.25, -0.2) is 4.18 Å². The molecule has 9 nitrogen and oxygen atoms in total. The zero-order valence-electron chi connectivity index (χ0n) is 8.00. The molecule has 96 valence electrons. The SMILES string of the molecule is NC[C@H]1OC(O)[C@H](O)[C@@H](O)[C@@H]1OS(=O)(=O)O. The molecule has 1 rings (SSSR count). The minimum atomic E-state index is -4.83. The average molecular weight is 259 g/mol. The third kappa shape index (κ3) is 3.09. The van der Waals surface area contributed by atoms with Crippen LogP contribution in [0.25, 0.3) is 0 Å². The Morgan fingerprint density at radius 1 is 1.25 bits per heavy atom. The Hall–Kier alpha value is -0.330. The molecule has 6 N–H and O–H groups in total. The summed E-state index contributed by atoms with van der Waals surface area (Å²) < 4.78 is 38.2. The van der Waals surface area contributed by atoms with Crippen LogP contribution in [0.5, 0.6) is 0 Å². The molecule has 1 fully saturated rings. The Bertz CT molecular complexity index is 329. The summed E-state index contributed by atoms with van der Waals surface area (Å²) in [6, 6.07) is 0. The summed E-state index contributed by atoms with van der Waals surface area (Å²) in [4.78, 5) is 0. The summed E-state index contributed by atoms with van der Waals surface area (Å²) in [5.41, 5.74) is 5.20. The Labute approximate surface area is 91.3 Å². The van der Waals surface area contributed by atoms with Crippen LogP contribution < -0.4 is 5.73 Å². The Morgan fingerprint density at radius 3 is 2.25 bits per heavy atom. The van der Waals surface area contributed by atoms with Crippen LogP contribution in [0.4, 0.5) is 0 Å². The van der Waals surface area contributed by atoms with Gasteiger partial charge < -0.3 is 25.8 Å². The van der Waals surface area contributed by atoms with E-state index in [2.05, 4.69) is 4.18 Å². The number of aliphatic hydroxyl groups is 3. The minimum absolute atomic E-state index is 0.277. The summed E-state index contributed by atoms with van der Waals surface area (Å²) >= 11 is 0. The molecule has 1 saturated heterocycles. The number of rotatable bonds is 3. The van der Waals surface area contributed by atoms with E-state index in [0.717, 1.165) is 0 Å². The number of hydrogen-bond donors (Lipinski definition) is 5. The predicted octanol–water partition coefficient (Wildman–Crippen LogP) is -3.43. The molecule has 0 aromatic heterocycles. The van der Waals surface area contributed by atoms with E-state index in [9.17, 15) is 18.6 Å². The van der Waals surface area contributed by atoms with Crippen LogP contribution in [0, 0.1) is 0 Å². The van der Waals surface area contributed by atoms with Crippen molar-refractivity contribution in [1.29, 1.82) is 0 Å². The van der Waals surface area contributed by atoms with Crippen molar-refractivity contribution in [1.82, 2.24) is 0 Å². The predicted molar refractivity (Wildman–Crippen MR) is 48.4 cm³/mol. The third-order valence-electron chi connectivity index (χ3n) is 2.12. The normalized spacial score (nSPS) is 40.9. The lowest BCUT2D eigenvalue weighted by Gasteiger charge is -2.39. The van der Waals surface area contributed by atoms with Gasteiger partial charge in [-0.3, -0.25) is 4.55 Å². The van der Waals surface area contributed by atoms with Crippen molar-refractivity contribution in [3.63, 3.8) is 0 Å². The van der Waals surface area contributed by atoms with Gasteiger partial charge in [0.15, 0.2) is 6.29 Å². The van der Waals surface area contributed by atoms with Crippen LogP contribution in [-0.4, -0.2) is 65.5 Å². The zero-order chi connectivity index (χ0) is 12.5. The highest BCUT2D eigenvalue weighted by Gasteiger charge is 2.46. The first-order chi connectivity index (χ1) is 7.26. The topological polar surface area (TPSA) is 160 Å². The zero-order valence-corrected chi connectivity index (χ0v) is 8.82. The third-order valence-corrected chi connectivity index (χ3v) is 2.59. The molecule has 1 aliphatic heterocycles. The van der Waals surface area contributed by atoms with E-state index in [4.69, 9.17) is 20.1 Å². The molecule has 10 heteroatoms. The summed E-state index contributed by atoms with van der Waals surface area (Å²) in [5, 5.41) is 27.7. The van der Waals surface area contributed by atoms with Crippen molar-refractivity contribution < 1.29 is 37.2 Å². The molecule has 1 aliphatic rings. The summed E-state index contributed by atoms with van der Waals surface area (Å²) in [5.74, 6) is 0. The second-order valence-electron chi connectivity index (χ2n) is 3.27.